The molecule has 1 aromatic heterocycles. The molecule has 2 aliphatic rings. The minimum atomic E-state index is -0.0506. The van der Waals surface area contributed by atoms with E-state index in [1.54, 1.807) is 0 Å². The summed E-state index contributed by atoms with van der Waals surface area (Å²) in [6, 6.07) is 6.25. The van der Waals surface area contributed by atoms with Gasteiger partial charge in [-0.05, 0) is 50.2 Å². The SMILES string of the molecule is O=C(NCCCOCC1CC1)NC1CCN(Cc2ccccn2)CC1. The number of piperidine rings is 1. The third kappa shape index (κ3) is 7.00. The first-order chi connectivity index (χ1) is 12.3. The van der Waals surface area contributed by atoms with Crippen molar-refractivity contribution in [2.75, 3.05) is 32.8 Å². The molecule has 0 bridgehead atoms. The van der Waals surface area contributed by atoms with Crippen LogP contribution in [-0.4, -0.2) is 54.8 Å². The standard InChI is InChI=1S/C19H30N4O2/c24-19(21-10-3-13-25-15-16-5-6-16)22-17-7-11-23(12-8-17)14-18-4-1-2-9-20-18/h1-2,4,9,16-17H,3,5-8,10-15H2,(H2,21,22,24). The molecule has 0 spiro atoms. The molecule has 6 heteroatoms. The number of urea groups is 1. The van der Waals surface area contributed by atoms with E-state index in [0.29, 0.717) is 6.54 Å². The second-order valence-corrected chi connectivity index (χ2v) is 7.14. The second kappa shape index (κ2) is 9.73. The molecule has 25 heavy (non-hydrogen) atoms. The Morgan fingerprint density at radius 1 is 1.24 bits per heavy atom. The maximum absolute atomic E-state index is 11.9. The summed E-state index contributed by atoms with van der Waals surface area (Å²) in [5, 5.41) is 6.02. The molecule has 0 radical (unpaired) electrons. The number of amides is 2. The first kappa shape index (κ1) is 18.1. The Bertz CT molecular complexity index is 513. The number of rotatable bonds is 9. The van der Waals surface area contributed by atoms with Crippen molar-refractivity contribution in [3.8, 4) is 0 Å². The van der Waals surface area contributed by atoms with E-state index in [0.717, 1.165) is 63.7 Å². The van der Waals surface area contributed by atoms with Crippen LogP contribution in [0.15, 0.2) is 24.4 Å². The van der Waals surface area contributed by atoms with Gasteiger partial charge in [-0.2, -0.15) is 0 Å². The van der Waals surface area contributed by atoms with Crippen LogP contribution >= 0.6 is 0 Å². The molecule has 2 heterocycles. The van der Waals surface area contributed by atoms with E-state index >= 15 is 0 Å². The summed E-state index contributed by atoms with van der Waals surface area (Å²) in [4.78, 5) is 18.7. The average molecular weight is 346 g/mol. The maximum atomic E-state index is 11.9. The van der Waals surface area contributed by atoms with E-state index < -0.39 is 0 Å². The number of carbonyl (C=O) groups excluding carboxylic acids is 1. The summed E-state index contributed by atoms with van der Waals surface area (Å²) < 4.78 is 5.57. The Balaban J connectivity index is 1.22. The van der Waals surface area contributed by atoms with Gasteiger partial charge in [0, 0.05) is 51.6 Å². The van der Waals surface area contributed by atoms with Crippen molar-refractivity contribution in [3.05, 3.63) is 30.1 Å². The highest BCUT2D eigenvalue weighted by molar-refractivity contribution is 5.74. The molecule has 138 valence electrons. The lowest BCUT2D eigenvalue weighted by atomic mass is 10.1. The fourth-order valence-corrected chi connectivity index (χ4v) is 3.10. The highest BCUT2D eigenvalue weighted by Gasteiger charge is 2.21. The molecule has 1 aromatic rings. The molecule has 1 aliphatic heterocycles. The number of nitrogens with zero attached hydrogens (tertiary/aromatic N) is 2. The predicted molar refractivity (Wildman–Crippen MR) is 97.2 cm³/mol. The maximum Gasteiger partial charge on any atom is 0.315 e. The smallest absolute Gasteiger partial charge is 0.315 e. The summed E-state index contributed by atoms with van der Waals surface area (Å²) in [5.74, 6) is 0.805. The molecule has 0 unspecified atom stereocenters. The molecule has 6 nitrogen and oxygen atoms in total. The van der Waals surface area contributed by atoms with Gasteiger partial charge in [0.2, 0.25) is 0 Å². The van der Waals surface area contributed by atoms with Crippen molar-refractivity contribution >= 4 is 6.03 Å². The monoisotopic (exact) mass is 346 g/mol. The van der Waals surface area contributed by atoms with Crippen LogP contribution in [0.1, 0.15) is 37.8 Å². The highest BCUT2D eigenvalue weighted by atomic mass is 16.5. The Morgan fingerprint density at radius 3 is 2.80 bits per heavy atom. The lowest BCUT2D eigenvalue weighted by Crippen LogP contribution is -2.48. The number of ether oxygens (including phenoxy) is 1. The quantitative estimate of drug-likeness (QED) is 0.673. The molecule has 2 amide bonds. The van der Waals surface area contributed by atoms with Gasteiger partial charge >= 0.3 is 6.03 Å². The zero-order valence-corrected chi connectivity index (χ0v) is 15.0. The third-order valence-electron chi connectivity index (χ3n) is 4.84. The Labute approximate surface area is 150 Å². The Morgan fingerprint density at radius 2 is 2.08 bits per heavy atom. The van der Waals surface area contributed by atoms with Crippen LogP contribution < -0.4 is 10.6 Å². The minimum Gasteiger partial charge on any atom is -0.381 e. The van der Waals surface area contributed by atoms with Gasteiger partial charge in [-0.15, -0.1) is 0 Å². The van der Waals surface area contributed by atoms with Gasteiger partial charge in [-0.1, -0.05) is 6.07 Å². The molecule has 2 N–H and O–H groups in total. The molecule has 2 fully saturated rings. The van der Waals surface area contributed by atoms with Crippen molar-refractivity contribution in [1.29, 1.82) is 0 Å². The third-order valence-corrected chi connectivity index (χ3v) is 4.84. The number of hydrogen-bond donors (Lipinski definition) is 2. The minimum absolute atomic E-state index is 0.0506. The predicted octanol–water partition coefficient (Wildman–Crippen LogP) is 2.16. The van der Waals surface area contributed by atoms with Crippen molar-refractivity contribution in [1.82, 2.24) is 20.5 Å². The van der Waals surface area contributed by atoms with Gasteiger partial charge in [-0.25, -0.2) is 4.79 Å². The van der Waals surface area contributed by atoms with Crippen LogP contribution in [0, 0.1) is 5.92 Å². The molecular weight excluding hydrogens is 316 g/mol. The number of pyridine rings is 1. The Hall–Kier alpha value is -1.66. The molecule has 1 saturated heterocycles. The van der Waals surface area contributed by atoms with E-state index in [9.17, 15) is 4.79 Å². The summed E-state index contributed by atoms with van der Waals surface area (Å²) in [6.07, 6.45) is 7.34. The lowest BCUT2D eigenvalue weighted by molar-refractivity contribution is 0.122. The topological polar surface area (TPSA) is 66.5 Å². The highest BCUT2D eigenvalue weighted by Crippen LogP contribution is 2.28. The Kier molecular flexibility index (Phi) is 7.06. The summed E-state index contributed by atoms with van der Waals surface area (Å²) in [7, 11) is 0. The molecule has 3 rings (SSSR count). The van der Waals surface area contributed by atoms with Crippen molar-refractivity contribution in [2.45, 2.75) is 44.7 Å². The van der Waals surface area contributed by atoms with E-state index in [4.69, 9.17) is 4.74 Å². The van der Waals surface area contributed by atoms with Crippen LogP contribution in [0.3, 0.4) is 0 Å². The molecule has 0 atom stereocenters. The van der Waals surface area contributed by atoms with Crippen molar-refractivity contribution in [2.24, 2.45) is 5.92 Å². The first-order valence-electron chi connectivity index (χ1n) is 9.54. The number of carbonyl (C=O) groups is 1. The summed E-state index contributed by atoms with van der Waals surface area (Å²) in [6.45, 7) is 5.19. The van der Waals surface area contributed by atoms with Gasteiger partial charge in [0.1, 0.15) is 0 Å². The van der Waals surface area contributed by atoms with Gasteiger partial charge in [0.15, 0.2) is 0 Å². The van der Waals surface area contributed by atoms with Crippen molar-refractivity contribution in [3.63, 3.8) is 0 Å². The largest absolute Gasteiger partial charge is 0.381 e. The van der Waals surface area contributed by atoms with Crippen LogP contribution in [0.2, 0.25) is 0 Å². The summed E-state index contributed by atoms with van der Waals surface area (Å²) >= 11 is 0. The van der Waals surface area contributed by atoms with E-state index in [2.05, 4.69) is 26.6 Å². The fraction of sp³-hybridized carbons (Fsp3) is 0.684. The number of aromatic nitrogens is 1. The first-order valence-corrected chi connectivity index (χ1v) is 9.54. The number of nitrogens with one attached hydrogen (secondary N) is 2. The fourth-order valence-electron chi connectivity index (χ4n) is 3.10. The van der Waals surface area contributed by atoms with Gasteiger partial charge < -0.3 is 15.4 Å². The lowest BCUT2D eigenvalue weighted by Gasteiger charge is -2.32. The zero-order valence-electron chi connectivity index (χ0n) is 15.0. The molecule has 0 aromatic carbocycles. The molecule has 1 aliphatic carbocycles. The normalized spacial score (nSPS) is 18.9. The van der Waals surface area contributed by atoms with E-state index in [-0.39, 0.29) is 12.1 Å². The van der Waals surface area contributed by atoms with Gasteiger partial charge in [0.25, 0.3) is 0 Å². The number of likely N-dealkylation sites (tertiary alicyclic amines) is 1. The van der Waals surface area contributed by atoms with Crippen LogP contribution in [-0.2, 0) is 11.3 Å². The van der Waals surface area contributed by atoms with E-state index in [1.807, 2.05) is 18.3 Å². The van der Waals surface area contributed by atoms with Crippen LogP contribution in [0.5, 0.6) is 0 Å². The number of hydrogen-bond acceptors (Lipinski definition) is 4. The van der Waals surface area contributed by atoms with E-state index in [1.165, 1.54) is 12.8 Å². The zero-order chi connectivity index (χ0) is 17.3. The average Bonchev–Trinajstić information content (AvgIpc) is 3.45. The molecular formula is C19H30N4O2. The second-order valence-electron chi connectivity index (χ2n) is 7.14. The van der Waals surface area contributed by atoms with Crippen LogP contribution in [0.25, 0.3) is 0 Å². The van der Waals surface area contributed by atoms with Crippen molar-refractivity contribution < 1.29 is 9.53 Å². The van der Waals surface area contributed by atoms with Gasteiger partial charge in [0.05, 0.1) is 5.69 Å². The van der Waals surface area contributed by atoms with Crippen LogP contribution in [0.4, 0.5) is 4.79 Å². The molecule has 1 saturated carbocycles. The van der Waals surface area contributed by atoms with Gasteiger partial charge in [-0.3, -0.25) is 9.88 Å². The summed E-state index contributed by atoms with van der Waals surface area (Å²) in [5.41, 5.74) is 1.11.